The number of amides is 1. The van der Waals surface area contributed by atoms with Crippen LogP contribution in [0.3, 0.4) is 0 Å². The van der Waals surface area contributed by atoms with Crippen molar-refractivity contribution < 1.29 is 13.2 Å². The van der Waals surface area contributed by atoms with Gasteiger partial charge in [0, 0.05) is 17.3 Å². The van der Waals surface area contributed by atoms with E-state index < -0.39 is 15.7 Å². The number of nitrogens with zero attached hydrogens (tertiary/aromatic N) is 2. The SMILES string of the molecule is CC(C)(C)n1cc(CS(=O)(=O)c2ccc(C(N)=O)cc2)cn1. The standard InChI is InChI=1S/C15H19N3O3S/c1-15(2,3)18-9-11(8-17-18)10-22(20,21)13-6-4-12(5-7-13)14(16)19/h4-9H,10H2,1-3H3,(H2,16,19). The van der Waals surface area contributed by atoms with Gasteiger partial charge in [-0.1, -0.05) is 0 Å². The highest BCUT2D eigenvalue weighted by molar-refractivity contribution is 7.90. The molecule has 1 aromatic heterocycles. The summed E-state index contributed by atoms with van der Waals surface area (Å²) in [6.07, 6.45) is 3.29. The minimum Gasteiger partial charge on any atom is -0.366 e. The van der Waals surface area contributed by atoms with Gasteiger partial charge in [0.2, 0.25) is 5.91 Å². The van der Waals surface area contributed by atoms with Gasteiger partial charge in [0.05, 0.1) is 22.4 Å². The molecule has 2 rings (SSSR count). The fraction of sp³-hybridized carbons (Fsp3) is 0.333. The molecule has 0 aliphatic carbocycles. The molecule has 1 heterocycles. The summed E-state index contributed by atoms with van der Waals surface area (Å²) in [6.45, 7) is 5.96. The van der Waals surface area contributed by atoms with Crippen LogP contribution in [0, 0.1) is 0 Å². The number of hydrogen-bond donors (Lipinski definition) is 1. The normalized spacial score (nSPS) is 12.3. The van der Waals surface area contributed by atoms with Gasteiger partial charge in [0.1, 0.15) is 0 Å². The van der Waals surface area contributed by atoms with Gasteiger partial charge < -0.3 is 5.73 Å². The smallest absolute Gasteiger partial charge is 0.248 e. The summed E-state index contributed by atoms with van der Waals surface area (Å²) in [6, 6.07) is 5.61. The van der Waals surface area contributed by atoms with Crippen molar-refractivity contribution in [3.8, 4) is 0 Å². The van der Waals surface area contributed by atoms with Crippen LogP contribution in [0.2, 0.25) is 0 Å². The maximum absolute atomic E-state index is 12.4. The molecule has 0 saturated heterocycles. The van der Waals surface area contributed by atoms with Crippen LogP contribution in [-0.2, 0) is 21.1 Å². The van der Waals surface area contributed by atoms with Crippen molar-refractivity contribution >= 4 is 15.7 Å². The average molecular weight is 321 g/mol. The third kappa shape index (κ3) is 3.54. The minimum absolute atomic E-state index is 0.140. The van der Waals surface area contributed by atoms with Crippen LogP contribution in [0.1, 0.15) is 36.7 Å². The molecule has 1 aromatic carbocycles. The molecule has 0 fully saturated rings. The molecule has 0 spiro atoms. The van der Waals surface area contributed by atoms with Gasteiger partial charge in [-0.05, 0) is 45.0 Å². The van der Waals surface area contributed by atoms with Crippen LogP contribution in [0.25, 0.3) is 0 Å². The summed E-state index contributed by atoms with van der Waals surface area (Å²) < 4.78 is 26.5. The van der Waals surface area contributed by atoms with Crippen LogP contribution < -0.4 is 5.73 Å². The van der Waals surface area contributed by atoms with Gasteiger partial charge in [0.25, 0.3) is 0 Å². The Hall–Kier alpha value is -2.15. The highest BCUT2D eigenvalue weighted by Gasteiger charge is 2.19. The van der Waals surface area contributed by atoms with E-state index in [9.17, 15) is 13.2 Å². The van der Waals surface area contributed by atoms with E-state index in [1.807, 2.05) is 20.8 Å². The van der Waals surface area contributed by atoms with Crippen LogP contribution in [0.5, 0.6) is 0 Å². The summed E-state index contributed by atoms with van der Waals surface area (Å²) in [5, 5.41) is 4.19. The lowest BCUT2D eigenvalue weighted by molar-refractivity contribution is 0.1000. The van der Waals surface area contributed by atoms with Gasteiger partial charge in [-0.3, -0.25) is 9.48 Å². The highest BCUT2D eigenvalue weighted by Crippen LogP contribution is 2.19. The molecule has 0 radical (unpaired) electrons. The van der Waals surface area contributed by atoms with E-state index in [2.05, 4.69) is 5.10 Å². The van der Waals surface area contributed by atoms with E-state index in [-0.39, 0.29) is 21.8 Å². The largest absolute Gasteiger partial charge is 0.366 e. The lowest BCUT2D eigenvalue weighted by atomic mass is 10.1. The number of primary amides is 1. The van der Waals surface area contributed by atoms with E-state index >= 15 is 0 Å². The van der Waals surface area contributed by atoms with Crippen molar-refractivity contribution in [1.82, 2.24) is 9.78 Å². The summed E-state index contributed by atoms with van der Waals surface area (Å²) in [5.41, 5.74) is 5.83. The Balaban J connectivity index is 2.24. The van der Waals surface area contributed by atoms with Gasteiger partial charge >= 0.3 is 0 Å². The Labute approximate surface area is 129 Å². The van der Waals surface area contributed by atoms with Crippen LogP contribution in [-0.4, -0.2) is 24.1 Å². The topological polar surface area (TPSA) is 95.0 Å². The molecule has 0 unspecified atom stereocenters. The second-order valence-electron chi connectivity index (χ2n) is 6.11. The van der Waals surface area contributed by atoms with Crippen LogP contribution >= 0.6 is 0 Å². The second-order valence-corrected chi connectivity index (χ2v) is 8.10. The first-order valence-corrected chi connectivity index (χ1v) is 8.41. The predicted octanol–water partition coefficient (Wildman–Crippen LogP) is 1.71. The van der Waals surface area contributed by atoms with Crippen molar-refractivity contribution in [3.63, 3.8) is 0 Å². The van der Waals surface area contributed by atoms with E-state index in [1.165, 1.54) is 24.3 Å². The summed E-state index contributed by atoms with van der Waals surface area (Å²) in [5.74, 6) is -0.727. The number of aromatic nitrogens is 2. The summed E-state index contributed by atoms with van der Waals surface area (Å²) >= 11 is 0. The second kappa shape index (κ2) is 5.57. The van der Waals surface area contributed by atoms with Gasteiger partial charge in [-0.25, -0.2) is 8.42 Å². The molecule has 118 valence electrons. The van der Waals surface area contributed by atoms with E-state index in [0.717, 1.165) is 0 Å². The molecule has 22 heavy (non-hydrogen) atoms. The van der Waals surface area contributed by atoms with Crippen LogP contribution in [0.15, 0.2) is 41.6 Å². The summed E-state index contributed by atoms with van der Waals surface area (Å²) in [4.78, 5) is 11.2. The van der Waals surface area contributed by atoms with Crippen LogP contribution in [0.4, 0.5) is 0 Å². The lowest BCUT2D eigenvalue weighted by Gasteiger charge is -2.18. The molecule has 6 nitrogen and oxygen atoms in total. The number of sulfone groups is 1. The van der Waals surface area contributed by atoms with Gasteiger partial charge in [0.15, 0.2) is 9.84 Å². The number of carbonyl (C=O) groups excluding carboxylic acids is 1. The van der Waals surface area contributed by atoms with Crippen molar-refractivity contribution in [2.24, 2.45) is 5.73 Å². The first kappa shape index (κ1) is 16.2. The molecule has 0 bridgehead atoms. The number of carbonyl (C=O) groups is 1. The monoisotopic (exact) mass is 321 g/mol. The number of rotatable bonds is 4. The molecule has 0 aliphatic rings. The highest BCUT2D eigenvalue weighted by atomic mass is 32.2. The molecule has 0 atom stereocenters. The summed E-state index contributed by atoms with van der Waals surface area (Å²) in [7, 11) is -3.49. The number of nitrogens with two attached hydrogens (primary N) is 1. The van der Waals surface area contributed by atoms with Crippen molar-refractivity contribution in [2.75, 3.05) is 0 Å². The van der Waals surface area contributed by atoms with E-state index in [0.29, 0.717) is 5.56 Å². The maximum atomic E-state index is 12.4. The van der Waals surface area contributed by atoms with Gasteiger partial charge in [-0.2, -0.15) is 5.10 Å². The zero-order valence-electron chi connectivity index (χ0n) is 12.8. The Morgan fingerprint density at radius 2 is 1.82 bits per heavy atom. The fourth-order valence-corrected chi connectivity index (χ4v) is 3.24. The Morgan fingerprint density at radius 3 is 2.27 bits per heavy atom. The Morgan fingerprint density at radius 1 is 1.23 bits per heavy atom. The zero-order chi connectivity index (χ0) is 16.5. The Bertz CT molecular complexity index is 784. The van der Waals surface area contributed by atoms with Crippen molar-refractivity contribution in [3.05, 3.63) is 47.8 Å². The fourth-order valence-electron chi connectivity index (χ4n) is 1.93. The Kier molecular flexibility index (Phi) is 4.10. The molecular weight excluding hydrogens is 302 g/mol. The number of hydrogen-bond acceptors (Lipinski definition) is 4. The zero-order valence-corrected chi connectivity index (χ0v) is 13.6. The minimum atomic E-state index is -3.49. The quantitative estimate of drug-likeness (QED) is 0.927. The third-order valence-electron chi connectivity index (χ3n) is 3.18. The number of benzene rings is 1. The van der Waals surface area contributed by atoms with Crippen molar-refractivity contribution in [1.29, 1.82) is 0 Å². The molecule has 2 aromatic rings. The van der Waals surface area contributed by atoms with Crippen molar-refractivity contribution in [2.45, 2.75) is 37.0 Å². The first-order chi connectivity index (χ1) is 10.1. The molecule has 1 amide bonds. The molecule has 0 aliphatic heterocycles. The molecule has 2 N–H and O–H groups in total. The van der Waals surface area contributed by atoms with Gasteiger partial charge in [-0.15, -0.1) is 0 Å². The first-order valence-electron chi connectivity index (χ1n) is 6.76. The van der Waals surface area contributed by atoms with E-state index in [1.54, 1.807) is 17.1 Å². The third-order valence-corrected chi connectivity index (χ3v) is 4.88. The molecule has 7 heteroatoms. The average Bonchev–Trinajstić information content (AvgIpc) is 2.86. The lowest BCUT2D eigenvalue weighted by Crippen LogP contribution is -2.22. The predicted molar refractivity (Wildman–Crippen MR) is 83.1 cm³/mol. The molecular formula is C15H19N3O3S. The van der Waals surface area contributed by atoms with E-state index in [4.69, 9.17) is 5.73 Å². The maximum Gasteiger partial charge on any atom is 0.248 e. The molecule has 0 saturated carbocycles.